The van der Waals surface area contributed by atoms with Crippen molar-refractivity contribution < 1.29 is 14.9 Å². The van der Waals surface area contributed by atoms with Gasteiger partial charge in [-0.3, -0.25) is 0 Å². The van der Waals surface area contributed by atoms with Crippen LogP contribution in [0.15, 0.2) is 42.5 Å². The Morgan fingerprint density at radius 1 is 1.00 bits per heavy atom. The number of para-hydroxylation sites is 2. The fraction of sp³-hybridized carbons (Fsp3) is 0.250. The van der Waals surface area contributed by atoms with E-state index in [4.69, 9.17) is 4.74 Å². The van der Waals surface area contributed by atoms with E-state index in [1.165, 1.54) is 6.07 Å². The van der Waals surface area contributed by atoms with E-state index in [0.717, 1.165) is 24.3 Å². The average Bonchev–Trinajstić information content (AvgIpc) is 2.48. The van der Waals surface area contributed by atoms with Gasteiger partial charge in [-0.15, -0.1) is 0 Å². The Balaban J connectivity index is 1.86. The van der Waals surface area contributed by atoms with Gasteiger partial charge in [-0.2, -0.15) is 0 Å². The molecule has 3 N–H and O–H groups in total. The van der Waals surface area contributed by atoms with Crippen LogP contribution in [0.5, 0.6) is 17.2 Å². The van der Waals surface area contributed by atoms with Crippen molar-refractivity contribution in [1.82, 2.24) is 5.32 Å². The highest BCUT2D eigenvalue weighted by molar-refractivity contribution is 5.44. The first-order valence-electron chi connectivity index (χ1n) is 6.55. The number of aromatic hydroxyl groups is 2. The fourth-order valence-electron chi connectivity index (χ4n) is 2.08. The molecule has 0 aliphatic carbocycles. The highest BCUT2D eigenvalue weighted by atomic mass is 16.5. The summed E-state index contributed by atoms with van der Waals surface area (Å²) in [6.45, 7) is 1.27. The molecule has 4 nitrogen and oxygen atoms in total. The van der Waals surface area contributed by atoms with E-state index in [1.54, 1.807) is 19.2 Å². The minimum atomic E-state index is -0.0889. The highest BCUT2D eigenvalue weighted by Crippen LogP contribution is 2.27. The lowest BCUT2D eigenvalue weighted by molar-refractivity contribution is 0.397. The normalized spacial score (nSPS) is 10.4. The molecule has 0 spiro atoms. The minimum absolute atomic E-state index is 0.0581. The van der Waals surface area contributed by atoms with Gasteiger partial charge in [-0.05, 0) is 30.7 Å². The molecule has 106 valence electrons. The quantitative estimate of drug-likeness (QED) is 0.559. The van der Waals surface area contributed by atoms with Gasteiger partial charge < -0.3 is 20.3 Å². The van der Waals surface area contributed by atoms with Gasteiger partial charge >= 0.3 is 0 Å². The molecule has 4 heteroatoms. The molecule has 0 saturated carbocycles. The number of benzene rings is 2. The molecule has 0 bridgehead atoms. The standard InChI is InChI=1S/C16H19NO3/c1-20-15-8-3-2-5-12(15)9-10-17-11-13-6-4-7-14(18)16(13)19/h2-8,17-19H,9-11H2,1H3. The number of phenolic OH excluding ortho intramolecular Hbond substituents is 2. The molecule has 2 aromatic rings. The SMILES string of the molecule is COc1ccccc1CCNCc1cccc(O)c1O. The van der Waals surface area contributed by atoms with Crippen LogP contribution < -0.4 is 10.1 Å². The monoisotopic (exact) mass is 273 g/mol. The lowest BCUT2D eigenvalue weighted by Gasteiger charge is -2.10. The molecule has 0 fully saturated rings. The van der Waals surface area contributed by atoms with Crippen molar-refractivity contribution in [3.05, 3.63) is 53.6 Å². The van der Waals surface area contributed by atoms with Crippen LogP contribution in [0.4, 0.5) is 0 Å². The third kappa shape index (κ3) is 3.42. The van der Waals surface area contributed by atoms with Crippen LogP contribution in [-0.4, -0.2) is 23.9 Å². The molecule has 0 aliphatic rings. The summed E-state index contributed by atoms with van der Waals surface area (Å²) in [5, 5.41) is 22.3. The molecule has 20 heavy (non-hydrogen) atoms. The molecular formula is C16H19NO3. The molecule has 0 radical (unpaired) electrons. The number of hydrogen-bond donors (Lipinski definition) is 3. The van der Waals surface area contributed by atoms with Crippen molar-refractivity contribution in [2.24, 2.45) is 0 Å². The zero-order valence-corrected chi connectivity index (χ0v) is 11.5. The first kappa shape index (κ1) is 14.2. The number of hydrogen-bond acceptors (Lipinski definition) is 4. The maximum absolute atomic E-state index is 9.69. The van der Waals surface area contributed by atoms with E-state index in [1.807, 2.05) is 24.3 Å². The Morgan fingerprint density at radius 2 is 1.75 bits per heavy atom. The summed E-state index contributed by atoms with van der Waals surface area (Å²) in [4.78, 5) is 0. The summed E-state index contributed by atoms with van der Waals surface area (Å²) < 4.78 is 5.29. The second kappa shape index (κ2) is 6.82. The Bertz CT molecular complexity index is 569. The topological polar surface area (TPSA) is 61.7 Å². The van der Waals surface area contributed by atoms with Gasteiger partial charge in [0, 0.05) is 12.1 Å². The van der Waals surface area contributed by atoms with Gasteiger partial charge in [0.15, 0.2) is 11.5 Å². The minimum Gasteiger partial charge on any atom is -0.504 e. The molecule has 0 atom stereocenters. The predicted octanol–water partition coefficient (Wildman–Crippen LogP) is 2.44. The summed E-state index contributed by atoms with van der Waals surface area (Å²) in [5.74, 6) is 0.737. The molecule has 0 aromatic heterocycles. The highest BCUT2D eigenvalue weighted by Gasteiger charge is 2.05. The summed E-state index contributed by atoms with van der Waals surface area (Å²) in [7, 11) is 1.66. The zero-order chi connectivity index (χ0) is 14.4. The van der Waals surface area contributed by atoms with E-state index in [9.17, 15) is 10.2 Å². The van der Waals surface area contributed by atoms with Gasteiger partial charge in [-0.1, -0.05) is 30.3 Å². The first-order valence-corrected chi connectivity index (χ1v) is 6.55. The van der Waals surface area contributed by atoms with Crippen molar-refractivity contribution in [1.29, 1.82) is 0 Å². The maximum Gasteiger partial charge on any atom is 0.161 e. The van der Waals surface area contributed by atoms with Crippen molar-refractivity contribution in [2.45, 2.75) is 13.0 Å². The van der Waals surface area contributed by atoms with Crippen molar-refractivity contribution >= 4 is 0 Å². The second-order valence-electron chi connectivity index (χ2n) is 4.52. The van der Waals surface area contributed by atoms with Gasteiger partial charge in [0.1, 0.15) is 5.75 Å². The molecule has 0 aliphatic heterocycles. The number of phenols is 2. The number of ether oxygens (including phenoxy) is 1. The number of methoxy groups -OCH3 is 1. The van der Waals surface area contributed by atoms with E-state index >= 15 is 0 Å². The van der Waals surface area contributed by atoms with Crippen LogP contribution in [0.25, 0.3) is 0 Å². The van der Waals surface area contributed by atoms with Gasteiger partial charge in [-0.25, -0.2) is 0 Å². The Kier molecular flexibility index (Phi) is 4.85. The molecule has 0 amide bonds. The summed E-state index contributed by atoms with van der Waals surface area (Å²) >= 11 is 0. The molecule has 0 heterocycles. The van der Waals surface area contributed by atoms with Crippen molar-refractivity contribution in [2.75, 3.05) is 13.7 Å². The van der Waals surface area contributed by atoms with Crippen LogP contribution in [-0.2, 0) is 13.0 Å². The lowest BCUT2D eigenvalue weighted by Crippen LogP contribution is -2.17. The fourth-order valence-corrected chi connectivity index (χ4v) is 2.08. The van der Waals surface area contributed by atoms with Crippen LogP contribution in [0.3, 0.4) is 0 Å². The summed E-state index contributed by atoms with van der Waals surface area (Å²) in [6, 6.07) is 12.9. The number of nitrogens with one attached hydrogen (secondary N) is 1. The average molecular weight is 273 g/mol. The smallest absolute Gasteiger partial charge is 0.161 e. The van der Waals surface area contributed by atoms with Crippen LogP contribution in [0.2, 0.25) is 0 Å². The third-order valence-electron chi connectivity index (χ3n) is 3.18. The number of rotatable bonds is 6. The molecule has 2 rings (SSSR count). The van der Waals surface area contributed by atoms with Crippen LogP contribution in [0.1, 0.15) is 11.1 Å². The van der Waals surface area contributed by atoms with Gasteiger partial charge in [0.2, 0.25) is 0 Å². The van der Waals surface area contributed by atoms with E-state index < -0.39 is 0 Å². The van der Waals surface area contributed by atoms with Crippen LogP contribution in [0, 0.1) is 0 Å². The first-order chi connectivity index (χ1) is 9.72. The molecular weight excluding hydrogens is 254 g/mol. The molecule has 0 saturated heterocycles. The Hall–Kier alpha value is -2.20. The molecule has 2 aromatic carbocycles. The summed E-state index contributed by atoms with van der Waals surface area (Å²) in [6.07, 6.45) is 0.837. The summed E-state index contributed by atoms with van der Waals surface area (Å²) in [5.41, 5.74) is 1.83. The van der Waals surface area contributed by atoms with Crippen molar-refractivity contribution in [3.8, 4) is 17.2 Å². The maximum atomic E-state index is 9.69. The zero-order valence-electron chi connectivity index (χ0n) is 11.5. The van der Waals surface area contributed by atoms with Crippen molar-refractivity contribution in [3.63, 3.8) is 0 Å². The van der Waals surface area contributed by atoms with Gasteiger partial charge in [0.05, 0.1) is 7.11 Å². The third-order valence-corrected chi connectivity index (χ3v) is 3.18. The van der Waals surface area contributed by atoms with Crippen LogP contribution >= 0.6 is 0 Å². The largest absolute Gasteiger partial charge is 0.504 e. The molecule has 0 unspecified atom stereocenters. The van der Waals surface area contributed by atoms with Gasteiger partial charge in [0.25, 0.3) is 0 Å². The predicted molar refractivity (Wildman–Crippen MR) is 78.2 cm³/mol. The Morgan fingerprint density at radius 3 is 2.55 bits per heavy atom. The van der Waals surface area contributed by atoms with E-state index in [2.05, 4.69) is 5.32 Å². The van der Waals surface area contributed by atoms with E-state index in [-0.39, 0.29) is 11.5 Å². The van der Waals surface area contributed by atoms with E-state index in [0.29, 0.717) is 12.1 Å². The lowest BCUT2D eigenvalue weighted by atomic mass is 10.1. The second-order valence-corrected chi connectivity index (χ2v) is 4.52. The Labute approximate surface area is 118 Å².